The average molecular weight is 381 g/mol. The Kier molecular flexibility index (Phi) is 5.88. The number of rotatable bonds is 6. The fourth-order valence-corrected chi connectivity index (χ4v) is 5.41. The maximum absolute atomic E-state index is 4.61. The van der Waals surface area contributed by atoms with Gasteiger partial charge in [0.25, 0.3) is 0 Å². The van der Waals surface area contributed by atoms with Crippen LogP contribution in [0.15, 0.2) is 30.3 Å². The number of benzene rings is 1. The van der Waals surface area contributed by atoms with E-state index in [1.54, 1.807) is 0 Å². The van der Waals surface area contributed by atoms with Crippen LogP contribution in [0.1, 0.15) is 48.2 Å². The van der Waals surface area contributed by atoms with Crippen LogP contribution in [0.5, 0.6) is 0 Å². The molecular weight excluding hydrogens is 344 g/mol. The lowest BCUT2D eigenvalue weighted by atomic mass is 9.79. The minimum atomic E-state index is 0.528. The Morgan fingerprint density at radius 3 is 2.61 bits per heavy atom. The zero-order valence-corrected chi connectivity index (χ0v) is 18.0. The van der Waals surface area contributed by atoms with E-state index in [4.69, 9.17) is 0 Å². The Balaban J connectivity index is 1.27. The van der Waals surface area contributed by atoms with Crippen molar-refractivity contribution in [3.8, 4) is 0 Å². The molecule has 2 aliphatic rings. The Bertz CT molecular complexity index is 796. The molecule has 0 bridgehead atoms. The second kappa shape index (κ2) is 8.38. The average Bonchev–Trinajstić information content (AvgIpc) is 3.18. The summed E-state index contributed by atoms with van der Waals surface area (Å²) in [6.07, 6.45) is 5.33. The van der Waals surface area contributed by atoms with E-state index >= 15 is 0 Å². The van der Waals surface area contributed by atoms with E-state index in [1.165, 1.54) is 75.2 Å². The van der Waals surface area contributed by atoms with E-state index in [-0.39, 0.29) is 0 Å². The van der Waals surface area contributed by atoms with Crippen molar-refractivity contribution >= 4 is 0 Å². The highest BCUT2D eigenvalue weighted by atomic mass is 15.3. The van der Waals surface area contributed by atoms with Crippen LogP contribution in [0, 0.1) is 26.2 Å². The van der Waals surface area contributed by atoms with Crippen LogP contribution in [0.2, 0.25) is 0 Å². The summed E-state index contributed by atoms with van der Waals surface area (Å²) in [6, 6.07) is 11.2. The molecule has 0 amide bonds. The number of hydrogen-bond donors (Lipinski definition) is 0. The predicted octanol–water partition coefficient (Wildman–Crippen LogP) is 4.19. The molecule has 0 N–H and O–H groups in total. The van der Waals surface area contributed by atoms with E-state index in [1.807, 2.05) is 0 Å². The molecule has 3 heterocycles. The minimum Gasteiger partial charge on any atom is -0.303 e. The molecule has 2 aromatic rings. The molecule has 152 valence electrons. The Morgan fingerprint density at radius 1 is 0.964 bits per heavy atom. The van der Waals surface area contributed by atoms with Crippen LogP contribution in [0.25, 0.3) is 0 Å². The predicted molar refractivity (Wildman–Crippen MR) is 115 cm³/mol. The van der Waals surface area contributed by atoms with Crippen LogP contribution in [-0.2, 0) is 13.1 Å². The van der Waals surface area contributed by atoms with Crippen molar-refractivity contribution in [2.24, 2.45) is 5.41 Å². The third-order valence-electron chi connectivity index (χ3n) is 6.69. The molecule has 4 heteroatoms. The molecule has 4 nitrogen and oxygen atoms in total. The fourth-order valence-electron chi connectivity index (χ4n) is 5.41. The molecule has 1 spiro atoms. The number of piperidine rings is 1. The molecule has 0 saturated carbocycles. The quantitative estimate of drug-likeness (QED) is 0.751. The molecule has 4 rings (SSSR count). The van der Waals surface area contributed by atoms with Crippen molar-refractivity contribution in [1.29, 1.82) is 0 Å². The lowest BCUT2D eigenvalue weighted by Crippen LogP contribution is -2.44. The van der Waals surface area contributed by atoms with Crippen molar-refractivity contribution < 1.29 is 0 Å². The number of aromatic nitrogens is 2. The fraction of sp³-hybridized carbons (Fsp3) is 0.625. The first-order valence-corrected chi connectivity index (χ1v) is 11.0. The second-order valence-corrected chi connectivity index (χ2v) is 9.33. The highest BCUT2D eigenvalue weighted by Crippen LogP contribution is 2.39. The summed E-state index contributed by atoms with van der Waals surface area (Å²) in [5.41, 5.74) is 5.79. The van der Waals surface area contributed by atoms with Gasteiger partial charge in [-0.15, -0.1) is 0 Å². The standard InChI is InChI=1S/C24H36N4/c1-20-7-4-8-23(15-20)17-27-11-5-9-24(19-27)10-14-26(18-24)12-6-13-28-22(3)16-21(2)25-28/h4,7-8,15-16H,5-6,9-14,17-19H2,1-3H3/t24-/m0/s1. The van der Waals surface area contributed by atoms with Gasteiger partial charge < -0.3 is 4.90 Å². The van der Waals surface area contributed by atoms with E-state index < -0.39 is 0 Å². The highest BCUT2D eigenvalue weighted by molar-refractivity contribution is 5.22. The lowest BCUT2D eigenvalue weighted by Gasteiger charge is -2.40. The zero-order valence-electron chi connectivity index (χ0n) is 18.0. The first kappa shape index (κ1) is 19.7. The molecule has 1 aromatic carbocycles. The third kappa shape index (κ3) is 4.66. The van der Waals surface area contributed by atoms with Crippen LogP contribution < -0.4 is 0 Å². The van der Waals surface area contributed by atoms with E-state index in [0.717, 1.165) is 18.8 Å². The smallest absolute Gasteiger partial charge is 0.0596 e. The molecule has 0 radical (unpaired) electrons. The van der Waals surface area contributed by atoms with Gasteiger partial charge in [0, 0.05) is 31.9 Å². The van der Waals surface area contributed by atoms with Crippen molar-refractivity contribution in [2.45, 2.75) is 59.5 Å². The van der Waals surface area contributed by atoms with Gasteiger partial charge in [-0.1, -0.05) is 29.8 Å². The van der Waals surface area contributed by atoms with Crippen LogP contribution in [-0.4, -0.2) is 52.3 Å². The van der Waals surface area contributed by atoms with E-state index in [2.05, 4.69) is 70.7 Å². The van der Waals surface area contributed by atoms with Gasteiger partial charge >= 0.3 is 0 Å². The molecule has 28 heavy (non-hydrogen) atoms. The summed E-state index contributed by atoms with van der Waals surface area (Å²) in [7, 11) is 0. The summed E-state index contributed by atoms with van der Waals surface area (Å²) < 4.78 is 2.17. The maximum atomic E-state index is 4.61. The van der Waals surface area contributed by atoms with Crippen molar-refractivity contribution in [3.63, 3.8) is 0 Å². The summed E-state index contributed by atoms with van der Waals surface area (Å²) in [5.74, 6) is 0. The van der Waals surface area contributed by atoms with Gasteiger partial charge in [-0.05, 0) is 83.1 Å². The lowest BCUT2D eigenvalue weighted by molar-refractivity contribution is 0.0871. The minimum absolute atomic E-state index is 0.528. The number of likely N-dealkylation sites (tertiary alicyclic amines) is 2. The molecule has 1 aromatic heterocycles. The van der Waals surface area contributed by atoms with Gasteiger partial charge in [-0.2, -0.15) is 5.10 Å². The Labute approximate surface area is 170 Å². The normalized spacial score (nSPS) is 23.7. The largest absolute Gasteiger partial charge is 0.303 e. The van der Waals surface area contributed by atoms with Crippen molar-refractivity contribution in [2.75, 3.05) is 32.7 Å². The zero-order chi connectivity index (χ0) is 19.6. The first-order valence-electron chi connectivity index (χ1n) is 11.0. The Hall–Kier alpha value is -1.65. The van der Waals surface area contributed by atoms with Gasteiger partial charge in [0.1, 0.15) is 0 Å². The van der Waals surface area contributed by atoms with Crippen molar-refractivity contribution in [3.05, 3.63) is 52.8 Å². The van der Waals surface area contributed by atoms with E-state index in [9.17, 15) is 0 Å². The van der Waals surface area contributed by atoms with Crippen LogP contribution in [0.3, 0.4) is 0 Å². The molecule has 2 fully saturated rings. The molecule has 2 saturated heterocycles. The SMILES string of the molecule is Cc1cccc(CN2CCC[C@@]3(CCN(CCCn4nc(C)cc4C)C3)C2)c1. The molecule has 0 aliphatic carbocycles. The van der Waals surface area contributed by atoms with Gasteiger partial charge in [-0.3, -0.25) is 9.58 Å². The van der Waals surface area contributed by atoms with Crippen molar-refractivity contribution in [1.82, 2.24) is 19.6 Å². The highest BCUT2D eigenvalue weighted by Gasteiger charge is 2.40. The summed E-state index contributed by atoms with van der Waals surface area (Å²) in [4.78, 5) is 5.42. The molecular formula is C24H36N4. The van der Waals surface area contributed by atoms with Crippen LogP contribution in [0.4, 0.5) is 0 Å². The third-order valence-corrected chi connectivity index (χ3v) is 6.69. The summed E-state index contributed by atoms with van der Waals surface area (Å²) in [6.45, 7) is 14.9. The van der Waals surface area contributed by atoms with Gasteiger partial charge in [0.05, 0.1) is 5.69 Å². The number of aryl methyl sites for hydroxylation is 4. The summed E-state index contributed by atoms with van der Waals surface area (Å²) >= 11 is 0. The monoisotopic (exact) mass is 380 g/mol. The number of nitrogens with zero attached hydrogens (tertiary/aromatic N) is 4. The van der Waals surface area contributed by atoms with Gasteiger partial charge in [-0.25, -0.2) is 0 Å². The molecule has 1 atom stereocenters. The summed E-state index contributed by atoms with van der Waals surface area (Å²) in [5, 5.41) is 4.61. The second-order valence-electron chi connectivity index (χ2n) is 9.33. The number of hydrogen-bond acceptors (Lipinski definition) is 3. The van der Waals surface area contributed by atoms with Gasteiger partial charge in [0.15, 0.2) is 0 Å². The first-order chi connectivity index (χ1) is 13.5. The topological polar surface area (TPSA) is 24.3 Å². The Morgan fingerprint density at radius 2 is 1.82 bits per heavy atom. The van der Waals surface area contributed by atoms with Gasteiger partial charge in [0.2, 0.25) is 0 Å². The molecule has 2 aliphatic heterocycles. The van der Waals surface area contributed by atoms with Crippen LogP contribution >= 0.6 is 0 Å². The molecule has 0 unspecified atom stereocenters. The van der Waals surface area contributed by atoms with E-state index in [0.29, 0.717) is 5.41 Å². The maximum Gasteiger partial charge on any atom is 0.0596 e.